The molecule has 0 spiro atoms. The van der Waals surface area contributed by atoms with Gasteiger partial charge in [-0.05, 0) is 17.7 Å². The zero-order valence-corrected chi connectivity index (χ0v) is 7.82. The minimum atomic E-state index is -0.610. The summed E-state index contributed by atoms with van der Waals surface area (Å²) in [6.45, 7) is 1.44. The molecule has 0 saturated heterocycles. The largest absolute Gasteiger partial charge is 0.326 e. The number of benzene rings is 1. The summed E-state index contributed by atoms with van der Waals surface area (Å²) in [5, 5.41) is 11.2. The summed E-state index contributed by atoms with van der Waals surface area (Å²) < 4.78 is 0. The summed E-state index contributed by atoms with van der Waals surface area (Å²) in [6, 6.07) is 8.20. The number of hydrogen-bond acceptors (Lipinski definition) is 3. The summed E-state index contributed by atoms with van der Waals surface area (Å²) in [5.74, 6) is -0.123. The average molecular weight is 189 g/mol. The third-order valence-corrected chi connectivity index (χ3v) is 1.73. The highest BCUT2D eigenvalue weighted by Crippen LogP contribution is 2.13. The molecule has 0 aliphatic heterocycles. The molecule has 0 aromatic heterocycles. The van der Waals surface area contributed by atoms with Gasteiger partial charge in [-0.3, -0.25) is 4.79 Å². The van der Waals surface area contributed by atoms with Crippen molar-refractivity contribution in [3.8, 4) is 6.07 Å². The zero-order valence-electron chi connectivity index (χ0n) is 7.82. The molecule has 0 unspecified atom stereocenters. The minimum absolute atomic E-state index is 0.123. The van der Waals surface area contributed by atoms with Crippen molar-refractivity contribution in [3.63, 3.8) is 0 Å². The first-order valence-electron chi connectivity index (χ1n) is 4.16. The third-order valence-electron chi connectivity index (χ3n) is 1.73. The molecule has 0 radical (unpaired) electrons. The van der Waals surface area contributed by atoms with Gasteiger partial charge < -0.3 is 11.1 Å². The van der Waals surface area contributed by atoms with Gasteiger partial charge in [0.15, 0.2) is 0 Å². The number of nitrogens with zero attached hydrogens (tertiary/aromatic N) is 1. The Bertz CT molecular complexity index is 364. The highest BCUT2D eigenvalue weighted by molar-refractivity contribution is 5.88. The van der Waals surface area contributed by atoms with E-state index in [-0.39, 0.29) is 5.91 Å². The Morgan fingerprint density at radius 3 is 2.50 bits per heavy atom. The lowest BCUT2D eigenvalue weighted by Gasteiger charge is -2.05. The third kappa shape index (κ3) is 2.57. The predicted molar refractivity (Wildman–Crippen MR) is 53.3 cm³/mol. The lowest BCUT2D eigenvalue weighted by molar-refractivity contribution is -0.114. The molecule has 3 N–H and O–H groups in total. The number of nitrogens with one attached hydrogen (secondary N) is 1. The van der Waals surface area contributed by atoms with Crippen LogP contribution in [0.25, 0.3) is 0 Å². The van der Waals surface area contributed by atoms with Crippen LogP contribution in [0.4, 0.5) is 5.69 Å². The fourth-order valence-corrected chi connectivity index (χ4v) is 1.05. The van der Waals surface area contributed by atoms with E-state index in [0.717, 1.165) is 5.56 Å². The van der Waals surface area contributed by atoms with E-state index >= 15 is 0 Å². The number of nitrogens with two attached hydrogens (primary N) is 1. The molecule has 0 saturated carbocycles. The number of amides is 1. The molecule has 1 amide bonds. The van der Waals surface area contributed by atoms with Gasteiger partial charge in [-0.1, -0.05) is 12.1 Å². The first-order valence-corrected chi connectivity index (χ1v) is 4.16. The summed E-state index contributed by atoms with van der Waals surface area (Å²) in [7, 11) is 0. The molecule has 1 atom stereocenters. The molecule has 0 aliphatic carbocycles. The minimum Gasteiger partial charge on any atom is -0.326 e. The standard InChI is InChI=1S/C10H11N3O/c1-7(14)13-9-4-2-8(3-5-9)10(12)6-11/h2-5,10H,12H2,1H3,(H,13,14)/t10-/m0/s1. The van der Waals surface area contributed by atoms with Crippen LogP contribution in [0.3, 0.4) is 0 Å². The number of nitriles is 1. The van der Waals surface area contributed by atoms with Crippen LogP contribution >= 0.6 is 0 Å². The van der Waals surface area contributed by atoms with Crippen molar-refractivity contribution in [3.05, 3.63) is 29.8 Å². The van der Waals surface area contributed by atoms with Crippen LogP contribution in [0, 0.1) is 11.3 Å². The fourth-order valence-electron chi connectivity index (χ4n) is 1.05. The molecule has 0 aliphatic rings. The summed E-state index contributed by atoms with van der Waals surface area (Å²) >= 11 is 0. The molecule has 4 nitrogen and oxygen atoms in total. The van der Waals surface area contributed by atoms with Crippen molar-refractivity contribution >= 4 is 11.6 Å². The van der Waals surface area contributed by atoms with Crippen molar-refractivity contribution in [2.45, 2.75) is 13.0 Å². The first kappa shape index (κ1) is 10.2. The van der Waals surface area contributed by atoms with E-state index in [1.807, 2.05) is 6.07 Å². The second kappa shape index (κ2) is 4.40. The van der Waals surface area contributed by atoms with Gasteiger partial charge in [-0.15, -0.1) is 0 Å². The van der Waals surface area contributed by atoms with Crippen LogP contribution in [0.1, 0.15) is 18.5 Å². The quantitative estimate of drug-likeness (QED) is 0.732. The maximum atomic E-state index is 10.7. The van der Waals surface area contributed by atoms with Crippen molar-refractivity contribution in [2.75, 3.05) is 5.32 Å². The Kier molecular flexibility index (Phi) is 3.21. The van der Waals surface area contributed by atoms with Crippen LogP contribution in [-0.2, 0) is 4.79 Å². The maximum Gasteiger partial charge on any atom is 0.221 e. The van der Waals surface area contributed by atoms with Gasteiger partial charge in [0.05, 0.1) is 6.07 Å². The van der Waals surface area contributed by atoms with E-state index < -0.39 is 6.04 Å². The van der Waals surface area contributed by atoms with E-state index in [1.165, 1.54) is 6.92 Å². The SMILES string of the molecule is CC(=O)Nc1ccc([C@@H](N)C#N)cc1. The average Bonchev–Trinajstić information content (AvgIpc) is 2.17. The lowest BCUT2D eigenvalue weighted by atomic mass is 10.1. The van der Waals surface area contributed by atoms with Gasteiger partial charge in [0, 0.05) is 12.6 Å². The molecule has 1 aromatic rings. The molecule has 14 heavy (non-hydrogen) atoms. The monoisotopic (exact) mass is 189 g/mol. The number of anilines is 1. The highest BCUT2D eigenvalue weighted by Gasteiger charge is 2.03. The zero-order chi connectivity index (χ0) is 10.6. The van der Waals surface area contributed by atoms with E-state index in [1.54, 1.807) is 24.3 Å². The smallest absolute Gasteiger partial charge is 0.221 e. The fraction of sp³-hybridized carbons (Fsp3) is 0.200. The molecule has 0 fully saturated rings. The normalized spacial score (nSPS) is 11.5. The van der Waals surface area contributed by atoms with Gasteiger partial charge >= 0.3 is 0 Å². The maximum absolute atomic E-state index is 10.7. The lowest BCUT2D eigenvalue weighted by Crippen LogP contribution is -2.08. The second-order valence-corrected chi connectivity index (χ2v) is 2.91. The number of carbonyl (C=O) groups is 1. The van der Waals surface area contributed by atoms with Crippen LogP contribution in [0.15, 0.2) is 24.3 Å². The van der Waals surface area contributed by atoms with Crippen molar-refractivity contribution < 1.29 is 4.79 Å². The Labute approximate surface area is 82.3 Å². The van der Waals surface area contributed by atoms with Crippen molar-refractivity contribution in [1.82, 2.24) is 0 Å². The molecule has 0 heterocycles. The van der Waals surface area contributed by atoms with Crippen LogP contribution in [0.5, 0.6) is 0 Å². The topological polar surface area (TPSA) is 78.9 Å². The van der Waals surface area contributed by atoms with E-state index in [9.17, 15) is 4.79 Å². The van der Waals surface area contributed by atoms with Gasteiger partial charge in [-0.25, -0.2) is 0 Å². The molecule has 0 bridgehead atoms. The van der Waals surface area contributed by atoms with Gasteiger partial charge in [-0.2, -0.15) is 5.26 Å². The first-order chi connectivity index (χ1) is 6.63. The summed E-state index contributed by atoms with van der Waals surface area (Å²) in [5.41, 5.74) is 6.94. The Morgan fingerprint density at radius 1 is 1.50 bits per heavy atom. The Hall–Kier alpha value is -1.86. The van der Waals surface area contributed by atoms with E-state index in [2.05, 4.69) is 5.32 Å². The molecule has 72 valence electrons. The van der Waals surface area contributed by atoms with E-state index in [0.29, 0.717) is 5.69 Å². The van der Waals surface area contributed by atoms with E-state index in [4.69, 9.17) is 11.0 Å². The Morgan fingerprint density at radius 2 is 2.07 bits per heavy atom. The van der Waals surface area contributed by atoms with Crippen molar-refractivity contribution in [1.29, 1.82) is 5.26 Å². The Balaban J connectivity index is 2.79. The molecule has 4 heteroatoms. The number of hydrogen-bond donors (Lipinski definition) is 2. The second-order valence-electron chi connectivity index (χ2n) is 2.91. The predicted octanol–water partition coefficient (Wildman–Crippen LogP) is 1.17. The van der Waals surface area contributed by atoms with Crippen LogP contribution in [0.2, 0.25) is 0 Å². The highest BCUT2D eigenvalue weighted by atomic mass is 16.1. The molecule has 1 aromatic carbocycles. The van der Waals surface area contributed by atoms with Gasteiger partial charge in [0.25, 0.3) is 0 Å². The molecular formula is C10H11N3O. The van der Waals surface area contributed by atoms with Gasteiger partial charge in [0.1, 0.15) is 6.04 Å². The summed E-state index contributed by atoms with van der Waals surface area (Å²) in [4.78, 5) is 10.7. The van der Waals surface area contributed by atoms with Crippen LogP contribution < -0.4 is 11.1 Å². The van der Waals surface area contributed by atoms with Crippen molar-refractivity contribution in [2.24, 2.45) is 5.73 Å². The molecular weight excluding hydrogens is 178 g/mol. The molecule has 1 rings (SSSR count). The van der Waals surface area contributed by atoms with Crippen LogP contribution in [-0.4, -0.2) is 5.91 Å². The number of carbonyl (C=O) groups excluding carboxylic acids is 1. The summed E-state index contributed by atoms with van der Waals surface area (Å²) in [6.07, 6.45) is 0. The number of rotatable bonds is 2. The van der Waals surface area contributed by atoms with Gasteiger partial charge in [0.2, 0.25) is 5.91 Å².